The Labute approximate surface area is 131 Å². The molecule has 0 aliphatic heterocycles. The van der Waals surface area contributed by atoms with Crippen LogP contribution in [0.2, 0.25) is 0 Å². The Bertz CT molecular complexity index is 586. The van der Waals surface area contributed by atoms with Gasteiger partial charge in [0.2, 0.25) is 0 Å². The van der Waals surface area contributed by atoms with Crippen molar-refractivity contribution in [2.75, 3.05) is 7.05 Å². The van der Waals surface area contributed by atoms with Gasteiger partial charge in [0.05, 0.1) is 4.47 Å². The van der Waals surface area contributed by atoms with E-state index in [1.807, 2.05) is 11.4 Å². The molecule has 0 spiro atoms. The van der Waals surface area contributed by atoms with Crippen molar-refractivity contribution in [2.24, 2.45) is 0 Å². The fraction of sp³-hybridized carbons (Fsp3) is 0.231. The molecule has 0 bridgehead atoms. The predicted molar refractivity (Wildman–Crippen MR) is 81.6 cm³/mol. The molecular weight excluding hydrogens is 400 g/mol. The summed E-state index contributed by atoms with van der Waals surface area (Å²) in [6, 6.07) is 4.45. The fourth-order valence-corrected chi connectivity index (χ4v) is 3.97. The highest BCUT2D eigenvalue weighted by Gasteiger charge is 2.20. The number of nitrogens with one attached hydrogen (secondary N) is 1. The predicted octanol–water partition coefficient (Wildman–Crippen LogP) is 5.05. The Hall–Kier alpha value is -0.300. The molecule has 1 N–H and O–H groups in total. The summed E-state index contributed by atoms with van der Waals surface area (Å²) in [5.41, 5.74) is 0.0917. The minimum atomic E-state index is -0.534. The first-order valence-electron chi connectivity index (χ1n) is 5.57. The molecule has 2 rings (SSSR count). The molecule has 0 saturated carbocycles. The molecule has 0 aliphatic rings. The summed E-state index contributed by atoms with van der Waals surface area (Å²) in [5, 5.41) is 5.04. The lowest BCUT2D eigenvalue weighted by Crippen LogP contribution is -2.19. The molecule has 6 heteroatoms. The summed E-state index contributed by atoms with van der Waals surface area (Å²) in [5.74, 6) is -1.05. The van der Waals surface area contributed by atoms with Gasteiger partial charge in [-0.3, -0.25) is 0 Å². The second-order valence-corrected chi connectivity index (χ2v) is 6.66. The van der Waals surface area contributed by atoms with Crippen molar-refractivity contribution in [1.29, 1.82) is 0 Å². The maximum Gasteiger partial charge on any atom is 0.143 e. The monoisotopic (exact) mass is 409 g/mol. The van der Waals surface area contributed by atoms with Crippen molar-refractivity contribution in [2.45, 2.75) is 12.5 Å². The smallest absolute Gasteiger partial charge is 0.143 e. The minimum Gasteiger partial charge on any atom is -0.312 e. The molecule has 2 aromatic rings. The van der Waals surface area contributed by atoms with Crippen molar-refractivity contribution in [3.63, 3.8) is 0 Å². The number of hydrogen-bond donors (Lipinski definition) is 1. The Morgan fingerprint density at radius 1 is 1.21 bits per heavy atom. The van der Waals surface area contributed by atoms with E-state index in [0.717, 1.165) is 9.35 Å². The van der Waals surface area contributed by atoms with Crippen LogP contribution in [0.1, 0.15) is 16.5 Å². The third kappa shape index (κ3) is 3.24. The van der Waals surface area contributed by atoms with E-state index in [4.69, 9.17) is 0 Å². The first kappa shape index (κ1) is 15.1. The molecule has 1 aromatic carbocycles. The third-order valence-electron chi connectivity index (χ3n) is 2.86. The Morgan fingerprint density at radius 2 is 1.95 bits per heavy atom. The van der Waals surface area contributed by atoms with Crippen LogP contribution in [0.3, 0.4) is 0 Å². The molecule has 1 atom stereocenters. The summed E-state index contributed by atoms with van der Waals surface area (Å²) >= 11 is 8.08. The van der Waals surface area contributed by atoms with Crippen LogP contribution in [-0.4, -0.2) is 7.05 Å². The van der Waals surface area contributed by atoms with Crippen LogP contribution in [0.5, 0.6) is 0 Å². The van der Waals surface area contributed by atoms with Crippen molar-refractivity contribution in [3.05, 3.63) is 54.6 Å². The molecule has 0 radical (unpaired) electrons. The summed E-state index contributed by atoms with van der Waals surface area (Å²) < 4.78 is 29.0. The maximum absolute atomic E-state index is 14.0. The van der Waals surface area contributed by atoms with Crippen molar-refractivity contribution < 1.29 is 8.78 Å². The van der Waals surface area contributed by atoms with Gasteiger partial charge < -0.3 is 5.32 Å². The van der Waals surface area contributed by atoms with Crippen LogP contribution in [0.4, 0.5) is 8.78 Å². The zero-order valence-corrected chi connectivity index (χ0v) is 14.0. The molecule has 1 unspecified atom stereocenters. The number of halogens is 4. The lowest BCUT2D eigenvalue weighted by Gasteiger charge is -2.17. The van der Waals surface area contributed by atoms with E-state index >= 15 is 0 Å². The quantitative estimate of drug-likeness (QED) is 0.695. The van der Waals surface area contributed by atoms with Gasteiger partial charge in [-0.25, -0.2) is 8.78 Å². The Kier molecular flexibility index (Phi) is 5.11. The number of benzene rings is 1. The van der Waals surface area contributed by atoms with E-state index in [1.54, 1.807) is 18.4 Å². The zero-order chi connectivity index (χ0) is 14.0. The maximum atomic E-state index is 14.0. The number of likely N-dealkylation sites (N-methyl/N-ethyl adjacent to an activating group) is 1. The molecule has 19 heavy (non-hydrogen) atoms. The molecule has 102 valence electrons. The summed E-state index contributed by atoms with van der Waals surface area (Å²) in [7, 11) is 1.78. The molecule has 0 aliphatic carbocycles. The highest BCUT2D eigenvalue weighted by atomic mass is 79.9. The number of hydrogen-bond acceptors (Lipinski definition) is 2. The van der Waals surface area contributed by atoms with E-state index in [1.165, 1.54) is 12.1 Å². The summed E-state index contributed by atoms with van der Waals surface area (Å²) in [4.78, 5) is 1.03. The van der Waals surface area contributed by atoms with Crippen LogP contribution in [0, 0.1) is 11.6 Å². The van der Waals surface area contributed by atoms with Gasteiger partial charge in [0.15, 0.2) is 0 Å². The largest absolute Gasteiger partial charge is 0.312 e. The third-order valence-corrected chi connectivity index (χ3v) is 5.45. The normalized spacial score (nSPS) is 12.7. The topological polar surface area (TPSA) is 12.0 Å². The first-order chi connectivity index (χ1) is 9.04. The van der Waals surface area contributed by atoms with E-state index in [0.29, 0.717) is 0 Å². The van der Waals surface area contributed by atoms with Gasteiger partial charge >= 0.3 is 0 Å². The van der Waals surface area contributed by atoms with Crippen LogP contribution >= 0.6 is 43.2 Å². The van der Waals surface area contributed by atoms with Crippen LogP contribution in [-0.2, 0) is 6.42 Å². The minimum absolute atomic E-state index is 0.0917. The molecule has 1 nitrogen and oxygen atoms in total. The molecule has 1 aromatic heterocycles. The van der Waals surface area contributed by atoms with Gasteiger partial charge in [-0.2, -0.15) is 0 Å². The average molecular weight is 411 g/mol. The molecular formula is C13H11Br2F2NS. The van der Waals surface area contributed by atoms with E-state index in [9.17, 15) is 8.78 Å². The first-order valence-corrected chi connectivity index (χ1v) is 8.03. The SMILES string of the molecule is CNC(Cc1c(F)ccc(Br)c1F)c1sccc1Br. The van der Waals surface area contributed by atoms with Gasteiger partial charge in [0.25, 0.3) is 0 Å². The van der Waals surface area contributed by atoms with Crippen molar-refractivity contribution >= 4 is 43.2 Å². The Balaban J connectivity index is 2.34. The van der Waals surface area contributed by atoms with Gasteiger partial charge in [-0.15, -0.1) is 11.3 Å². The van der Waals surface area contributed by atoms with Crippen molar-refractivity contribution in [1.82, 2.24) is 5.32 Å². The molecule has 0 amide bonds. The standard InChI is InChI=1S/C13H11Br2F2NS/c1-18-11(13-9(15)4-5-19-13)6-7-10(16)3-2-8(14)12(7)17/h2-5,11,18H,6H2,1H3. The highest BCUT2D eigenvalue weighted by molar-refractivity contribution is 9.10. The highest BCUT2D eigenvalue weighted by Crippen LogP contribution is 2.33. The fourth-order valence-electron chi connectivity index (χ4n) is 1.84. The van der Waals surface area contributed by atoms with Crippen LogP contribution in [0.25, 0.3) is 0 Å². The van der Waals surface area contributed by atoms with Gasteiger partial charge in [-0.05, 0) is 68.9 Å². The summed E-state index contributed by atoms with van der Waals surface area (Å²) in [6.45, 7) is 0. The van der Waals surface area contributed by atoms with Crippen molar-refractivity contribution in [3.8, 4) is 0 Å². The Morgan fingerprint density at radius 3 is 2.53 bits per heavy atom. The van der Waals surface area contributed by atoms with Crippen LogP contribution < -0.4 is 5.32 Å². The summed E-state index contributed by atoms with van der Waals surface area (Å²) in [6.07, 6.45) is 0.257. The second kappa shape index (κ2) is 6.43. The zero-order valence-electron chi connectivity index (χ0n) is 10.0. The van der Waals surface area contributed by atoms with E-state index in [2.05, 4.69) is 37.2 Å². The van der Waals surface area contributed by atoms with Gasteiger partial charge in [-0.1, -0.05) is 0 Å². The average Bonchev–Trinajstić information content (AvgIpc) is 2.81. The van der Waals surface area contributed by atoms with Crippen LogP contribution in [0.15, 0.2) is 32.5 Å². The molecule has 0 fully saturated rings. The molecule has 0 saturated heterocycles. The second-order valence-electron chi connectivity index (χ2n) is 4.00. The van der Waals surface area contributed by atoms with E-state index < -0.39 is 11.6 Å². The lowest BCUT2D eigenvalue weighted by atomic mass is 10.0. The van der Waals surface area contributed by atoms with Gasteiger partial charge in [0, 0.05) is 21.0 Å². The van der Waals surface area contributed by atoms with E-state index in [-0.39, 0.29) is 22.5 Å². The molecule has 1 heterocycles. The number of thiophene rings is 1. The van der Waals surface area contributed by atoms with Gasteiger partial charge in [0.1, 0.15) is 11.6 Å². The lowest BCUT2D eigenvalue weighted by molar-refractivity contribution is 0.515. The number of rotatable bonds is 4.